The summed E-state index contributed by atoms with van der Waals surface area (Å²) >= 11 is 1.15. The molecule has 1 aliphatic heterocycles. The lowest BCUT2D eigenvalue weighted by Gasteiger charge is -2.14. The first kappa shape index (κ1) is 20.6. The lowest BCUT2D eigenvalue weighted by Crippen LogP contribution is -2.32. The van der Waals surface area contributed by atoms with Gasteiger partial charge in [0.15, 0.2) is 0 Å². The number of nitrogens with one attached hydrogen (secondary N) is 1. The van der Waals surface area contributed by atoms with E-state index in [9.17, 15) is 19.2 Å². The average Bonchev–Trinajstić information content (AvgIpc) is 2.98. The van der Waals surface area contributed by atoms with Gasteiger partial charge in [0, 0.05) is 18.6 Å². The van der Waals surface area contributed by atoms with Crippen molar-refractivity contribution in [1.29, 1.82) is 0 Å². The van der Waals surface area contributed by atoms with Gasteiger partial charge in [-0.15, -0.1) is 11.8 Å². The summed E-state index contributed by atoms with van der Waals surface area (Å²) in [6.45, 7) is 0.791. The molecule has 0 saturated heterocycles. The van der Waals surface area contributed by atoms with Gasteiger partial charge in [-0.2, -0.15) is 0 Å². The van der Waals surface area contributed by atoms with Crippen LogP contribution >= 0.6 is 11.8 Å². The van der Waals surface area contributed by atoms with E-state index in [2.05, 4.69) is 5.32 Å². The van der Waals surface area contributed by atoms with Crippen molar-refractivity contribution >= 4 is 35.5 Å². The molecule has 9 heteroatoms. The second kappa shape index (κ2) is 9.35. The number of carbonyl (C=O) groups excluding carboxylic acids is 4. The maximum absolute atomic E-state index is 12.6. The van der Waals surface area contributed by atoms with E-state index in [4.69, 9.17) is 9.57 Å². The summed E-state index contributed by atoms with van der Waals surface area (Å²) in [6, 6.07) is 12.7. The lowest BCUT2D eigenvalue weighted by atomic mass is 10.1. The summed E-state index contributed by atoms with van der Waals surface area (Å²) < 4.78 is 4.87. The molecular formula is C20H18N2O6S. The van der Waals surface area contributed by atoms with Crippen LogP contribution in [0.25, 0.3) is 0 Å². The van der Waals surface area contributed by atoms with E-state index in [-0.39, 0.29) is 28.4 Å². The van der Waals surface area contributed by atoms with Crippen molar-refractivity contribution in [3.05, 3.63) is 65.2 Å². The molecule has 0 aliphatic carbocycles. The highest BCUT2D eigenvalue weighted by molar-refractivity contribution is 8.00. The molecule has 1 N–H and O–H groups in total. The van der Waals surface area contributed by atoms with E-state index in [1.165, 1.54) is 25.3 Å². The largest absolute Gasteiger partial charge is 0.383 e. The van der Waals surface area contributed by atoms with Crippen LogP contribution in [0.3, 0.4) is 0 Å². The number of fused-ring (bicyclic) bond motifs is 1. The van der Waals surface area contributed by atoms with Gasteiger partial charge in [0.2, 0.25) is 5.91 Å². The first-order valence-corrected chi connectivity index (χ1v) is 9.69. The molecule has 3 amide bonds. The van der Waals surface area contributed by atoms with Gasteiger partial charge < -0.3 is 14.9 Å². The van der Waals surface area contributed by atoms with Crippen LogP contribution in [-0.2, 0) is 14.4 Å². The summed E-state index contributed by atoms with van der Waals surface area (Å²) in [5.74, 6) is -2.37. The first-order chi connectivity index (χ1) is 14.0. The van der Waals surface area contributed by atoms with Gasteiger partial charge in [-0.05, 0) is 24.3 Å². The van der Waals surface area contributed by atoms with Crippen LogP contribution < -0.4 is 5.32 Å². The van der Waals surface area contributed by atoms with Gasteiger partial charge in [0.25, 0.3) is 11.8 Å². The maximum Gasteiger partial charge on any atom is 0.365 e. The topological polar surface area (TPSA) is 102 Å². The maximum atomic E-state index is 12.6. The van der Waals surface area contributed by atoms with Crippen molar-refractivity contribution < 1.29 is 28.8 Å². The van der Waals surface area contributed by atoms with Crippen LogP contribution in [0.5, 0.6) is 0 Å². The molecule has 0 unspecified atom stereocenters. The fraction of sp³-hybridized carbons (Fsp3) is 0.200. The zero-order valence-electron chi connectivity index (χ0n) is 15.5. The van der Waals surface area contributed by atoms with Gasteiger partial charge in [-0.25, -0.2) is 4.79 Å². The van der Waals surface area contributed by atoms with Crippen LogP contribution in [0, 0.1) is 0 Å². The number of hydroxylamine groups is 2. The highest BCUT2D eigenvalue weighted by Gasteiger charge is 2.39. The minimum Gasteiger partial charge on any atom is -0.383 e. The monoisotopic (exact) mass is 414 g/mol. The summed E-state index contributed by atoms with van der Waals surface area (Å²) in [5.41, 5.74) is 0.514. The molecule has 0 fully saturated rings. The van der Waals surface area contributed by atoms with Crippen molar-refractivity contribution in [2.24, 2.45) is 0 Å². The Balaban J connectivity index is 1.67. The molecule has 29 heavy (non-hydrogen) atoms. The molecule has 3 rings (SSSR count). The SMILES string of the molecule is COCCNC(=O)CSc1ccccc1C(=O)ON1C(=O)c2ccccc2C1=O. The summed E-state index contributed by atoms with van der Waals surface area (Å²) in [4.78, 5) is 54.8. The molecule has 8 nitrogen and oxygen atoms in total. The third-order valence-corrected chi connectivity index (χ3v) is 5.10. The van der Waals surface area contributed by atoms with Crippen molar-refractivity contribution in [2.75, 3.05) is 26.0 Å². The Morgan fingerprint density at radius 3 is 2.28 bits per heavy atom. The molecule has 150 valence electrons. The van der Waals surface area contributed by atoms with Crippen molar-refractivity contribution in [3.8, 4) is 0 Å². The molecule has 0 atom stereocenters. The molecule has 0 spiro atoms. The molecule has 2 aromatic carbocycles. The van der Waals surface area contributed by atoms with Crippen molar-refractivity contribution in [2.45, 2.75) is 4.90 Å². The Morgan fingerprint density at radius 1 is 1.00 bits per heavy atom. The van der Waals surface area contributed by atoms with Gasteiger partial charge in [0.05, 0.1) is 29.1 Å². The van der Waals surface area contributed by atoms with E-state index < -0.39 is 17.8 Å². The highest BCUT2D eigenvalue weighted by atomic mass is 32.2. The Bertz CT molecular complexity index is 926. The van der Waals surface area contributed by atoms with Gasteiger partial charge in [-0.3, -0.25) is 14.4 Å². The Hall–Kier alpha value is -3.17. The first-order valence-electron chi connectivity index (χ1n) is 8.70. The Labute approximate surface area is 171 Å². The minimum absolute atomic E-state index is 0.0843. The van der Waals surface area contributed by atoms with Gasteiger partial charge >= 0.3 is 5.97 Å². The summed E-state index contributed by atoms with van der Waals surface area (Å²) in [5, 5.41) is 3.15. The van der Waals surface area contributed by atoms with E-state index in [1.807, 2.05) is 0 Å². The number of nitrogens with zero attached hydrogens (tertiary/aromatic N) is 1. The fourth-order valence-corrected chi connectivity index (χ4v) is 3.50. The number of hydrogen-bond donors (Lipinski definition) is 1. The standard InChI is InChI=1S/C20H18N2O6S/c1-27-11-10-21-17(23)12-29-16-9-5-4-8-15(16)20(26)28-22-18(24)13-6-2-3-7-14(13)19(22)25/h2-9H,10-12H2,1H3,(H,21,23). The normalized spacial score (nSPS) is 12.7. The smallest absolute Gasteiger partial charge is 0.365 e. The quantitative estimate of drug-likeness (QED) is 0.400. The number of hydrogen-bond acceptors (Lipinski definition) is 7. The van der Waals surface area contributed by atoms with Crippen molar-refractivity contribution in [1.82, 2.24) is 10.4 Å². The Kier molecular flexibility index (Phi) is 6.63. The molecule has 0 radical (unpaired) electrons. The van der Waals surface area contributed by atoms with Crippen molar-refractivity contribution in [3.63, 3.8) is 0 Å². The molecule has 2 aromatic rings. The van der Waals surface area contributed by atoms with Crippen LogP contribution in [0.4, 0.5) is 0 Å². The van der Waals surface area contributed by atoms with E-state index in [0.717, 1.165) is 11.8 Å². The molecule has 0 bridgehead atoms. The van der Waals surface area contributed by atoms with E-state index in [1.54, 1.807) is 30.3 Å². The molecular weight excluding hydrogens is 396 g/mol. The third-order valence-electron chi connectivity index (χ3n) is 4.03. The van der Waals surface area contributed by atoms with Crippen LogP contribution in [0.15, 0.2) is 53.4 Å². The van der Waals surface area contributed by atoms with Crippen LogP contribution in [-0.4, -0.2) is 54.8 Å². The predicted molar refractivity (Wildman–Crippen MR) is 104 cm³/mol. The summed E-state index contributed by atoms with van der Waals surface area (Å²) in [7, 11) is 1.54. The number of benzene rings is 2. The molecule has 0 aromatic heterocycles. The number of ether oxygens (including phenoxy) is 1. The average molecular weight is 414 g/mol. The highest BCUT2D eigenvalue weighted by Crippen LogP contribution is 2.26. The molecule has 1 heterocycles. The lowest BCUT2D eigenvalue weighted by molar-refractivity contribution is -0.118. The zero-order chi connectivity index (χ0) is 20.8. The second-order valence-electron chi connectivity index (χ2n) is 5.96. The number of rotatable bonds is 8. The van der Waals surface area contributed by atoms with Gasteiger partial charge in [-0.1, -0.05) is 29.3 Å². The summed E-state index contributed by atoms with van der Waals surface area (Å²) in [6.07, 6.45) is 0. The predicted octanol–water partition coefficient (Wildman–Crippen LogP) is 1.91. The third kappa shape index (κ3) is 4.64. The van der Waals surface area contributed by atoms with Crippen LogP contribution in [0.2, 0.25) is 0 Å². The van der Waals surface area contributed by atoms with Gasteiger partial charge in [0.1, 0.15) is 0 Å². The Morgan fingerprint density at radius 2 is 1.62 bits per heavy atom. The number of thioether (sulfide) groups is 1. The molecule has 0 saturated carbocycles. The fourth-order valence-electron chi connectivity index (χ4n) is 2.63. The van der Waals surface area contributed by atoms with E-state index in [0.29, 0.717) is 23.1 Å². The number of amides is 3. The van der Waals surface area contributed by atoms with E-state index >= 15 is 0 Å². The number of carbonyl (C=O) groups is 4. The minimum atomic E-state index is -0.859. The zero-order valence-corrected chi connectivity index (χ0v) is 16.4. The number of methoxy groups -OCH3 is 1. The number of imide groups is 1. The molecule has 1 aliphatic rings. The van der Waals surface area contributed by atoms with Crippen LogP contribution in [0.1, 0.15) is 31.1 Å². The second-order valence-corrected chi connectivity index (χ2v) is 6.97.